The van der Waals surface area contributed by atoms with E-state index in [1.165, 1.54) is 12.8 Å². The number of carboxylic acid groups (broad SMARTS) is 1. The molecule has 0 atom stereocenters. The zero-order chi connectivity index (χ0) is 10.3. The predicted molar refractivity (Wildman–Crippen MR) is 54.8 cm³/mol. The highest BCUT2D eigenvalue weighted by atomic mass is 16.4. The normalized spacial score (nSPS) is 12.5. The van der Waals surface area contributed by atoms with Crippen LogP contribution in [0, 0.1) is 0 Å². The Balaban J connectivity index is 4.14. The Bertz CT molecular complexity index is 192. The molecule has 0 bridgehead atoms. The molecule has 0 fully saturated rings. The van der Waals surface area contributed by atoms with Gasteiger partial charge in [0.25, 0.3) is 0 Å². The van der Waals surface area contributed by atoms with Crippen molar-refractivity contribution in [1.29, 1.82) is 0 Å². The predicted octanol–water partition coefficient (Wildman–Crippen LogP) is 3.38. The SMILES string of the molecule is CCCCCC(C)=C(CC)C(=O)O. The highest BCUT2D eigenvalue weighted by Crippen LogP contribution is 2.15. The molecule has 0 aliphatic rings. The van der Waals surface area contributed by atoms with E-state index in [1.807, 2.05) is 13.8 Å². The van der Waals surface area contributed by atoms with E-state index in [4.69, 9.17) is 5.11 Å². The van der Waals surface area contributed by atoms with Crippen LogP contribution in [0.4, 0.5) is 0 Å². The van der Waals surface area contributed by atoms with Gasteiger partial charge in [0.2, 0.25) is 0 Å². The van der Waals surface area contributed by atoms with Gasteiger partial charge in [0.05, 0.1) is 0 Å². The monoisotopic (exact) mass is 184 g/mol. The van der Waals surface area contributed by atoms with Crippen molar-refractivity contribution in [3.63, 3.8) is 0 Å². The molecule has 13 heavy (non-hydrogen) atoms. The van der Waals surface area contributed by atoms with Crippen LogP contribution in [-0.2, 0) is 4.79 Å². The minimum absolute atomic E-state index is 0.594. The molecular weight excluding hydrogens is 164 g/mol. The first-order valence-electron chi connectivity index (χ1n) is 5.05. The van der Waals surface area contributed by atoms with Crippen LogP contribution in [0.3, 0.4) is 0 Å². The van der Waals surface area contributed by atoms with E-state index in [1.54, 1.807) is 0 Å². The Kier molecular flexibility index (Phi) is 6.29. The van der Waals surface area contributed by atoms with Crippen molar-refractivity contribution in [2.24, 2.45) is 0 Å². The number of hydrogen-bond acceptors (Lipinski definition) is 1. The minimum atomic E-state index is -0.753. The maximum Gasteiger partial charge on any atom is 0.331 e. The second-order valence-electron chi connectivity index (χ2n) is 3.37. The van der Waals surface area contributed by atoms with Gasteiger partial charge >= 0.3 is 5.97 Å². The summed E-state index contributed by atoms with van der Waals surface area (Å²) < 4.78 is 0. The van der Waals surface area contributed by atoms with E-state index < -0.39 is 5.97 Å². The second kappa shape index (κ2) is 6.70. The summed E-state index contributed by atoms with van der Waals surface area (Å²) in [5.74, 6) is -0.753. The van der Waals surface area contributed by atoms with Gasteiger partial charge in [-0.15, -0.1) is 0 Å². The first-order valence-corrected chi connectivity index (χ1v) is 5.05. The number of hydrogen-bond donors (Lipinski definition) is 1. The molecule has 0 aliphatic carbocycles. The lowest BCUT2D eigenvalue weighted by atomic mass is 10.0. The molecule has 0 aliphatic heterocycles. The number of unbranched alkanes of at least 4 members (excludes halogenated alkanes) is 2. The van der Waals surface area contributed by atoms with Gasteiger partial charge in [-0.3, -0.25) is 0 Å². The van der Waals surface area contributed by atoms with E-state index in [-0.39, 0.29) is 0 Å². The third-order valence-electron chi connectivity index (χ3n) is 2.28. The molecule has 0 saturated heterocycles. The van der Waals surface area contributed by atoms with Gasteiger partial charge in [0.1, 0.15) is 0 Å². The Morgan fingerprint density at radius 3 is 2.23 bits per heavy atom. The maximum atomic E-state index is 10.7. The average Bonchev–Trinajstić information content (AvgIpc) is 2.05. The summed E-state index contributed by atoms with van der Waals surface area (Å²) in [7, 11) is 0. The lowest BCUT2D eigenvalue weighted by molar-refractivity contribution is -0.132. The molecule has 76 valence electrons. The van der Waals surface area contributed by atoms with Crippen LogP contribution < -0.4 is 0 Å². The van der Waals surface area contributed by atoms with Gasteiger partial charge in [-0.05, 0) is 26.2 Å². The quantitative estimate of drug-likeness (QED) is 0.507. The Morgan fingerprint density at radius 2 is 1.85 bits per heavy atom. The van der Waals surface area contributed by atoms with E-state index in [0.717, 1.165) is 18.4 Å². The molecule has 0 radical (unpaired) electrons. The molecule has 0 unspecified atom stereocenters. The van der Waals surface area contributed by atoms with E-state index >= 15 is 0 Å². The number of rotatable bonds is 6. The zero-order valence-electron chi connectivity index (χ0n) is 8.89. The molecule has 2 heteroatoms. The molecule has 0 aromatic carbocycles. The standard InChI is InChI=1S/C11H20O2/c1-4-6-7-8-9(3)10(5-2)11(12)13/h4-8H2,1-3H3,(H,12,13). The summed E-state index contributed by atoms with van der Waals surface area (Å²) in [4.78, 5) is 10.7. The third kappa shape index (κ3) is 4.71. The molecule has 0 rings (SSSR count). The third-order valence-corrected chi connectivity index (χ3v) is 2.28. The van der Waals surface area contributed by atoms with E-state index in [0.29, 0.717) is 12.0 Å². The zero-order valence-corrected chi connectivity index (χ0v) is 8.89. The van der Waals surface area contributed by atoms with Crippen LogP contribution in [0.2, 0.25) is 0 Å². The van der Waals surface area contributed by atoms with Gasteiger partial charge in [0, 0.05) is 5.57 Å². The maximum absolute atomic E-state index is 10.7. The Hall–Kier alpha value is -0.790. The number of carboxylic acids is 1. The van der Waals surface area contributed by atoms with Crippen molar-refractivity contribution >= 4 is 5.97 Å². The number of carbonyl (C=O) groups is 1. The summed E-state index contributed by atoms with van der Waals surface area (Å²) in [6.45, 7) is 5.98. The Labute approximate surface area is 80.7 Å². The lowest BCUT2D eigenvalue weighted by Crippen LogP contribution is -2.02. The summed E-state index contributed by atoms with van der Waals surface area (Å²) in [5.41, 5.74) is 1.64. The van der Waals surface area contributed by atoms with Gasteiger partial charge in [0.15, 0.2) is 0 Å². The topological polar surface area (TPSA) is 37.3 Å². The van der Waals surface area contributed by atoms with Crippen LogP contribution in [0.1, 0.15) is 52.9 Å². The van der Waals surface area contributed by atoms with Crippen LogP contribution in [0.5, 0.6) is 0 Å². The van der Waals surface area contributed by atoms with Gasteiger partial charge in [-0.1, -0.05) is 32.3 Å². The van der Waals surface area contributed by atoms with Crippen LogP contribution in [0.15, 0.2) is 11.1 Å². The van der Waals surface area contributed by atoms with Crippen LogP contribution in [0.25, 0.3) is 0 Å². The van der Waals surface area contributed by atoms with E-state index in [2.05, 4.69) is 6.92 Å². The highest BCUT2D eigenvalue weighted by molar-refractivity contribution is 5.87. The summed E-state index contributed by atoms with van der Waals surface area (Å²) in [5, 5.41) is 8.84. The van der Waals surface area contributed by atoms with Crippen molar-refractivity contribution in [2.45, 2.75) is 52.9 Å². The van der Waals surface area contributed by atoms with Gasteiger partial charge in [-0.2, -0.15) is 0 Å². The Morgan fingerprint density at radius 1 is 1.23 bits per heavy atom. The summed E-state index contributed by atoms with van der Waals surface area (Å²) >= 11 is 0. The summed E-state index contributed by atoms with van der Waals surface area (Å²) in [6, 6.07) is 0. The van der Waals surface area contributed by atoms with Crippen molar-refractivity contribution in [1.82, 2.24) is 0 Å². The smallest absolute Gasteiger partial charge is 0.331 e. The molecule has 0 aromatic heterocycles. The van der Waals surface area contributed by atoms with Gasteiger partial charge < -0.3 is 5.11 Å². The van der Waals surface area contributed by atoms with Crippen LogP contribution >= 0.6 is 0 Å². The minimum Gasteiger partial charge on any atom is -0.478 e. The average molecular weight is 184 g/mol. The molecule has 0 spiro atoms. The molecule has 1 N–H and O–H groups in total. The van der Waals surface area contributed by atoms with E-state index in [9.17, 15) is 4.79 Å². The van der Waals surface area contributed by atoms with Crippen molar-refractivity contribution in [2.75, 3.05) is 0 Å². The van der Waals surface area contributed by atoms with Crippen molar-refractivity contribution in [3.8, 4) is 0 Å². The fourth-order valence-electron chi connectivity index (χ4n) is 1.43. The number of allylic oxidation sites excluding steroid dienone is 1. The van der Waals surface area contributed by atoms with Gasteiger partial charge in [-0.25, -0.2) is 4.79 Å². The largest absolute Gasteiger partial charge is 0.478 e. The molecule has 0 heterocycles. The number of aliphatic carboxylic acids is 1. The molecule has 0 amide bonds. The molecular formula is C11H20O2. The highest BCUT2D eigenvalue weighted by Gasteiger charge is 2.07. The molecule has 0 saturated carbocycles. The summed E-state index contributed by atoms with van der Waals surface area (Å²) in [6.07, 6.45) is 5.05. The fraction of sp³-hybridized carbons (Fsp3) is 0.727. The molecule has 0 aromatic rings. The van der Waals surface area contributed by atoms with Crippen molar-refractivity contribution < 1.29 is 9.90 Å². The first kappa shape index (κ1) is 12.2. The first-order chi connectivity index (χ1) is 6.13. The van der Waals surface area contributed by atoms with Crippen molar-refractivity contribution in [3.05, 3.63) is 11.1 Å². The lowest BCUT2D eigenvalue weighted by Gasteiger charge is -2.05. The fourth-order valence-corrected chi connectivity index (χ4v) is 1.43. The molecule has 2 nitrogen and oxygen atoms in total. The second-order valence-corrected chi connectivity index (χ2v) is 3.37. The van der Waals surface area contributed by atoms with Crippen LogP contribution in [-0.4, -0.2) is 11.1 Å².